The van der Waals surface area contributed by atoms with E-state index in [9.17, 15) is 4.79 Å². The van der Waals surface area contributed by atoms with Crippen molar-refractivity contribution in [3.8, 4) is 0 Å². The molecule has 2 heteroatoms. The quantitative estimate of drug-likeness (QED) is 0.509. The van der Waals surface area contributed by atoms with E-state index in [1.54, 1.807) is 6.92 Å². The predicted octanol–water partition coefficient (Wildman–Crippen LogP) is 3.22. The summed E-state index contributed by atoms with van der Waals surface area (Å²) >= 11 is 0. The second-order valence-corrected chi connectivity index (χ2v) is 4.31. The van der Waals surface area contributed by atoms with E-state index in [4.69, 9.17) is 4.74 Å². The normalized spacial score (nSPS) is 19.3. The van der Waals surface area contributed by atoms with Crippen molar-refractivity contribution in [3.05, 3.63) is 12.2 Å². The van der Waals surface area contributed by atoms with Crippen LogP contribution < -0.4 is 0 Å². The molecule has 1 aliphatic carbocycles. The maximum Gasteiger partial charge on any atom is 0.333 e. The SMILES string of the molecule is C=C(C)C(=O)OC1(CCC)CCCC1. The highest BCUT2D eigenvalue weighted by Gasteiger charge is 2.36. The van der Waals surface area contributed by atoms with Crippen molar-refractivity contribution in [2.24, 2.45) is 0 Å². The summed E-state index contributed by atoms with van der Waals surface area (Å²) in [5.41, 5.74) is 0.345. The summed E-state index contributed by atoms with van der Waals surface area (Å²) in [6.45, 7) is 7.45. The van der Waals surface area contributed by atoms with Crippen LogP contribution in [0.4, 0.5) is 0 Å². The molecular formula is C12H20O2. The molecule has 0 aromatic rings. The minimum Gasteiger partial charge on any atom is -0.456 e. The fourth-order valence-electron chi connectivity index (χ4n) is 2.16. The summed E-state index contributed by atoms with van der Waals surface area (Å²) in [4.78, 5) is 11.5. The van der Waals surface area contributed by atoms with Gasteiger partial charge in [0.2, 0.25) is 0 Å². The van der Waals surface area contributed by atoms with E-state index < -0.39 is 0 Å². The van der Waals surface area contributed by atoms with Crippen LogP contribution in [0, 0.1) is 0 Å². The second-order valence-electron chi connectivity index (χ2n) is 4.31. The molecule has 0 atom stereocenters. The molecule has 1 aliphatic rings. The first-order valence-electron chi connectivity index (χ1n) is 5.48. The van der Waals surface area contributed by atoms with Gasteiger partial charge >= 0.3 is 5.97 Å². The van der Waals surface area contributed by atoms with Crippen LogP contribution >= 0.6 is 0 Å². The van der Waals surface area contributed by atoms with Gasteiger partial charge in [0.25, 0.3) is 0 Å². The van der Waals surface area contributed by atoms with Gasteiger partial charge in [-0.1, -0.05) is 19.9 Å². The van der Waals surface area contributed by atoms with Crippen molar-refractivity contribution in [2.45, 2.75) is 58.0 Å². The molecule has 1 fully saturated rings. The van der Waals surface area contributed by atoms with Crippen molar-refractivity contribution in [2.75, 3.05) is 0 Å². The van der Waals surface area contributed by atoms with Crippen LogP contribution in [0.2, 0.25) is 0 Å². The van der Waals surface area contributed by atoms with Crippen LogP contribution in [0.3, 0.4) is 0 Å². The van der Waals surface area contributed by atoms with Gasteiger partial charge in [0.05, 0.1) is 0 Å². The van der Waals surface area contributed by atoms with Gasteiger partial charge in [-0.2, -0.15) is 0 Å². The third kappa shape index (κ3) is 2.60. The fraction of sp³-hybridized carbons (Fsp3) is 0.750. The molecule has 0 amide bonds. The Morgan fingerprint density at radius 1 is 1.43 bits per heavy atom. The molecule has 0 saturated heterocycles. The summed E-state index contributed by atoms with van der Waals surface area (Å²) in [7, 11) is 0. The lowest BCUT2D eigenvalue weighted by atomic mass is 9.96. The molecule has 0 unspecified atom stereocenters. The predicted molar refractivity (Wildman–Crippen MR) is 57.0 cm³/mol. The van der Waals surface area contributed by atoms with Gasteiger partial charge < -0.3 is 4.74 Å². The van der Waals surface area contributed by atoms with Crippen LogP contribution in [-0.2, 0) is 9.53 Å². The second kappa shape index (κ2) is 4.63. The number of hydrogen-bond donors (Lipinski definition) is 0. The third-order valence-corrected chi connectivity index (χ3v) is 2.88. The minimum atomic E-state index is -0.222. The maximum absolute atomic E-state index is 11.5. The molecule has 0 bridgehead atoms. The van der Waals surface area contributed by atoms with Gasteiger partial charge in [-0.3, -0.25) is 0 Å². The molecule has 0 aromatic heterocycles. The average molecular weight is 196 g/mol. The number of rotatable bonds is 4. The molecule has 0 radical (unpaired) electrons. The Labute approximate surface area is 86.3 Å². The van der Waals surface area contributed by atoms with E-state index in [0.717, 1.165) is 25.7 Å². The Morgan fingerprint density at radius 2 is 2.00 bits per heavy atom. The van der Waals surface area contributed by atoms with E-state index >= 15 is 0 Å². The fourth-order valence-corrected chi connectivity index (χ4v) is 2.16. The van der Waals surface area contributed by atoms with Crippen LogP contribution in [0.5, 0.6) is 0 Å². The highest BCUT2D eigenvalue weighted by Crippen LogP contribution is 2.37. The molecule has 14 heavy (non-hydrogen) atoms. The van der Waals surface area contributed by atoms with Crippen molar-refractivity contribution >= 4 is 5.97 Å². The number of ether oxygens (including phenoxy) is 1. The summed E-state index contributed by atoms with van der Waals surface area (Å²) < 4.78 is 5.56. The first kappa shape index (κ1) is 11.3. The van der Waals surface area contributed by atoms with Crippen molar-refractivity contribution in [3.63, 3.8) is 0 Å². The molecule has 2 nitrogen and oxygen atoms in total. The largest absolute Gasteiger partial charge is 0.456 e. The Balaban J connectivity index is 2.59. The van der Waals surface area contributed by atoms with Crippen LogP contribution in [0.1, 0.15) is 52.4 Å². The highest BCUT2D eigenvalue weighted by molar-refractivity contribution is 5.87. The number of esters is 1. The van der Waals surface area contributed by atoms with Gasteiger partial charge in [-0.25, -0.2) is 4.79 Å². The Kier molecular flexibility index (Phi) is 3.73. The Hall–Kier alpha value is -0.790. The molecule has 0 heterocycles. The van der Waals surface area contributed by atoms with Crippen LogP contribution in [-0.4, -0.2) is 11.6 Å². The molecule has 1 rings (SSSR count). The van der Waals surface area contributed by atoms with E-state index in [-0.39, 0.29) is 11.6 Å². The van der Waals surface area contributed by atoms with Crippen molar-refractivity contribution in [1.29, 1.82) is 0 Å². The lowest BCUT2D eigenvalue weighted by Gasteiger charge is -2.28. The zero-order valence-electron chi connectivity index (χ0n) is 9.27. The highest BCUT2D eigenvalue weighted by atomic mass is 16.6. The molecule has 0 aliphatic heterocycles. The summed E-state index contributed by atoms with van der Waals surface area (Å²) in [6, 6.07) is 0. The topological polar surface area (TPSA) is 26.3 Å². The van der Waals surface area contributed by atoms with Gasteiger partial charge in [0.15, 0.2) is 0 Å². The molecule has 0 aromatic carbocycles. The average Bonchev–Trinajstić information content (AvgIpc) is 2.54. The first-order valence-corrected chi connectivity index (χ1v) is 5.48. The van der Waals surface area contributed by atoms with Crippen molar-refractivity contribution < 1.29 is 9.53 Å². The zero-order chi connectivity index (χ0) is 10.6. The lowest BCUT2D eigenvalue weighted by Crippen LogP contribution is -2.32. The van der Waals surface area contributed by atoms with Crippen molar-refractivity contribution in [1.82, 2.24) is 0 Å². The van der Waals surface area contributed by atoms with Gasteiger partial charge in [0.1, 0.15) is 5.60 Å². The summed E-state index contributed by atoms with van der Waals surface area (Å²) in [5, 5.41) is 0. The minimum absolute atomic E-state index is 0.162. The van der Waals surface area contributed by atoms with E-state index in [0.29, 0.717) is 5.57 Å². The Morgan fingerprint density at radius 3 is 2.43 bits per heavy atom. The van der Waals surface area contributed by atoms with Gasteiger partial charge in [-0.15, -0.1) is 0 Å². The smallest absolute Gasteiger partial charge is 0.333 e. The third-order valence-electron chi connectivity index (χ3n) is 2.88. The molecule has 0 N–H and O–H groups in total. The first-order chi connectivity index (χ1) is 6.59. The summed E-state index contributed by atoms with van der Waals surface area (Å²) in [6.07, 6.45) is 6.49. The van der Waals surface area contributed by atoms with Crippen LogP contribution in [0.15, 0.2) is 12.2 Å². The van der Waals surface area contributed by atoms with E-state index in [2.05, 4.69) is 13.5 Å². The standard InChI is InChI=1S/C12H20O2/c1-4-7-12(8-5-6-9-12)14-11(13)10(2)3/h2,4-9H2,1,3H3. The molecule has 1 saturated carbocycles. The van der Waals surface area contributed by atoms with E-state index in [1.807, 2.05) is 0 Å². The number of carbonyl (C=O) groups excluding carboxylic acids is 1. The zero-order valence-corrected chi connectivity index (χ0v) is 9.27. The number of carbonyl (C=O) groups is 1. The summed E-state index contributed by atoms with van der Waals surface area (Å²) in [5.74, 6) is -0.222. The molecular weight excluding hydrogens is 176 g/mol. The maximum atomic E-state index is 11.5. The van der Waals surface area contributed by atoms with Gasteiger partial charge in [0, 0.05) is 5.57 Å². The Bertz CT molecular complexity index is 224. The lowest BCUT2D eigenvalue weighted by molar-refractivity contribution is -0.155. The van der Waals surface area contributed by atoms with Crippen LogP contribution in [0.25, 0.3) is 0 Å². The molecule has 0 spiro atoms. The number of hydrogen-bond acceptors (Lipinski definition) is 2. The van der Waals surface area contributed by atoms with E-state index in [1.165, 1.54) is 12.8 Å². The van der Waals surface area contributed by atoms with Gasteiger partial charge in [-0.05, 0) is 39.0 Å². The monoisotopic (exact) mass is 196 g/mol. The molecule has 80 valence electrons.